The van der Waals surface area contributed by atoms with Crippen molar-refractivity contribution in [2.75, 3.05) is 11.9 Å². The lowest BCUT2D eigenvalue weighted by Gasteiger charge is -2.35. The molecule has 0 spiro atoms. The summed E-state index contributed by atoms with van der Waals surface area (Å²) in [5.74, 6) is -0.162. The van der Waals surface area contributed by atoms with Crippen LogP contribution in [0.4, 0.5) is 10.1 Å². The first-order valence-electron chi connectivity index (χ1n) is 6.01. The summed E-state index contributed by atoms with van der Waals surface area (Å²) >= 11 is 3.38. The van der Waals surface area contributed by atoms with Gasteiger partial charge in [-0.2, -0.15) is 0 Å². The molecule has 2 nitrogen and oxygen atoms in total. The van der Waals surface area contributed by atoms with Crippen LogP contribution in [0.2, 0.25) is 0 Å². The highest BCUT2D eigenvalue weighted by Gasteiger charge is 2.23. The number of rotatable bonds is 2. The van der Waals surface area contributed by atoms with E-state index >= 15 is 0 Å². The van der Waals surface area contributed by atoms with Crippen molar-refractivity contribution in [1.29, 1.82) is 0 Å². The van der Waals surface area contributed by atoms with Crippen molar-refractivity contribution in [2.24, 2.45) is 5.73 Å². The van der Waals surface area contributed by atoms with Gasteiger partial charge in [0, 0.05) is 23.6 Å². The highest BCUT2D eigenvalue weighted by atomic mass is 79.9. The molecule has 0 unspecified atom stereocenters. The fraction of sp³-hybridized carbons (Fsp3) is 0.538. The molecule has 1 saturated carbocycles. The highest BCUT2D eigenvalue weighted by Crippen LogP contribution is 2.29. The topological polar surface area (TPSA) is 29.3 Å². The molecule has 2 rings (SSSR count). The fourth-order valence-electron chi connectivity index (χ4n) is 2.44. The number of hydrogen-bond acceptors (Lipinski definition) is 2. The predicted molar refractivity (Wildman–Crippen MR) is 72.7 cm³/mol. The molecule has 1 aromatic carbocycles. The SMILES string of the molecule is CN(c1cc(Br)ccc1F)C1CCC(N)CC1. The number of benzene rings is 1. The van der Waals surface area contributed by atoms with Gasteiger partial charge in [-0.15, -0.1) is 0 Å². The smallest absolute Gasteiger partial charge is 0.146 e. The van der Waals surface area contributed by atoms with Crippen molar-refractivity contribution in [3.63, 3.8) is 0 Å². The van der Waals surface area contributed by atoms with Crippen LogP contribution < -0.4 is 10.6 Å². The van der Waals surface area contributed by atoms with Gasteiger partial charge in [0.05, 0.1) is 5.69 Å². The molecule has 17 heavy (non-hydrogen) atoms. The number of hydrogen-bond donors (Lipinski definition) is 1. The van der Waals surface area contributed by atoms with Crippen LogP contribution in [-0.2, 0) is 0 Å². The average molecular weight is 301 g/mol. The van der Waals surface area contributed by atoms with Gasteiger partial charge < -0.3 is 10.6 Å². The lowest BCUT2D eigenvalue weighted by molar-refractivity contribution is 0.383. The van der Waals surface area contributed by atoms with Gasteiger partial charge in [0.1, 0.15) is 5.82 Å². The Bertz CT molecular complexity index is 389. The third-order valence-corrected chi connectivity index (χ3v) is 4.07. The molecule has 0 bridgehead atoms. The fourth-order valence-corrected chi connectivity index (χ4v) is 2.79. The zero-order chi connectivity index (χ0) is 12.4. The van der Waals surface area contributed by atoms with Crippen LogP contribution in [-0.4, -0.2) is 19.1 Å². The van der Waals surface area contributed by atoms with E-state index in [4.69, 9.17) is 5.73 Å². The molecular weight excluding hydrogens is 283 g/mol. The van der Waals surface area contributed by atoms with E-state index in [0.29, 0.717) is 17.8 Å². The van der Waals surface area contributed by atoms with E-state index in [1.54, 1.807) is 6.07 Å². The van der Waals surface area contributed by atoms with E-state index in [9.17, 15) is 4.39 Å². The molecule has 94 valence electrons. The first kappa shape index (κ1) is 12.8. The second-order valence-corrected chi connectivity index (χ2v) is 5.69. The summed E-state index contributed by atoms with van der Waals surface area (Å²) in [7, 11) is 1.96. The zero-order valence-corrected chi connectivity index (χ0v) is 11.6. The summed E-state index contributed by atoms with van der Waals surface area (Å²) in [6, 6.07) is 5.79. The van der Waals surface area contributed by atoms with Gasteiger partial charge in [-0.1, -0.05) is 15.9 Å². The van der Waals surface area contributed by atoms with E-state index in [1.165, 1.54) is 6.07 Å². The molecule has 0 heterocycles. The molecule has 0 amide bonds. The number of halogens is 2. The van der Waals surface area contributed by atoms with Crippen molar-refractivity contribution >= 4 is 21.6 Å². The Morgan fingerprint density at radius 1 is 1.29 bits per heavy atom. The summed E-state index contributed by atoms with van der Waals surface area (Å²) in [5.41, 5.74) is 6.56. The van der Waals surface area contributed by atoms with E-state index in [0.717, 1.165) is 30.2 Å². The maximum absolute atomic E-state index is 13.8. The molecule has 0 saturated heterocycles. The van der Waals surface area contributed by atoms with Crippen LogP contribution in [0.25, 0.3) is 0 Å². The molecule has 1 aromatic rings. The number of anilines is 1. The van der Waals surface area contributed by atoms with E-state index in [1.807, 2.05) is 18.0 Å². The minimum absolute atomic E-state index is 0.162. The second kappa shape index (κ2) is 5.36. The predicted octanol–water partition coefficient (Wildman–Crippen LogP) is 3.29. The Balaban J connectivity index is 2.13. The van der Waals surface area contributed by atoms with Gasteiger partial charge in [0.2, 0.25) is 0 Å². The van der Waals surface area contributed by atoms with Crippen molar-refractivity contribution in [3.8, 4) is 0 Å². The summed E-state index contributed by atoms with van der Waals surface area (Å²) in [4.78, 5) is 2.05. The van der Waals surface area contributed by atoms with E-state index in [-0.39, 0.29) is 5.82 Å². The van der Waals surface area contributed by atoms with Gasteiger partial charge in [-0.25, -0.2) is 4.39 Å². The van der Waals surface area contributed by atoms with Crippen molar-refractivity contribution < 1.29 is 4.39 Å². The Morgan fingerprint density at radius 3 is 2.59 bits per heavy atom. The molecular formula is C13H18BrFN2. The molecule has 1 fully saturated rings. The van der Waals surface area contributed by atoms with Gasteiger partial charge in [-0.3, -0.25) is 0 Å². The minimum Gasteiger partial charge on any atom is -0.369 e. The van der Waals surface area contributed by atoms with Crippen molar-refractivity contribution in [2.45, 2.75) is 37.8 Å². The van der Waals surface area contributed by atoms with E-state index in [2.05, 4.69) is 15.9 Å². The summed E-state index contributed by atoms with van der Waals surface area (Å²) in [5, 5.41) is 0. The van der Waals surface area contributed by atoms with Gasteiger partial charge in [0.15, 0.2) is 0 Å². The Labute approximate surface area is 110 Å². The van der Waals surface area contributed by atoms with E-state index < -0.39 is 0 Å². The number of nitrogens with two attached hydrogens (primary N) is 1. The molecule has 0 aliphatic heterocycles. The van der Waals surface area contributed by atoms with Crippen LogP contribution in [0.1, 0.15) is 25.7 Å². The van der Waals surface area contributed by atoms with Gasteiger partial charge in [0.25, 0.3) is 0 Å². The summed E-state index contributed by atoms with van der Waals surface area (Å²) in [6.45, 7) is 0. The molecule has 0 atom stereocenters. The average Bonchev–Trinajstić information content (AvgIpc) is 2.32. The first-order valence-corrected chi connectivity index (χ1v) is 6.80. The third kappa shape index (κ3) is 2.99. The van der Waals surface area contributed by atoms with Gasteiger partial charge >= 0.3 is 0 Å². The lowest BCUT2D eigenvalue weighted by atomic mass is 9.91. The normalized spacial score (nSPS) is 24.7. The second-order valence-electron chi connectivity index (χ2n) is 4.78. The molecule has 4 heteroatoms. The molecule has 0 aromatic heterocycles. The molecule has 2 N–H and O–H groups in total. The summed E-state index contributed by atoms with van der Waals surface area (Å²) in [6.07, 6.45) is 4.16. The minimum atomic E-state index is -0.162. The third-order valence-electron chi connectivity index (χ3n) is 3.58. The quantitative estimate of drug-likeness (QED) is 0.908. The Kier molecular flexibility index (Phi) is 4.05. The lowest BCUT2D eigenvalue weighted by Crippen LogP contribution is -2.39. The highest BCUT2D eigenvalue weighted by molar-refractivity contribution is 9.10. The van der Waals surface area contributed by atoms with Crippen LogP contribution in [0.3, 0.4) is 0 Å². The van der Waals surface area contributed by atoms with Gasteiger partial charge in [-0.05, 0) is 43.9 Å². The maximum Gasteiger partial charge on any atom is 0.146 e. The standard InChI is InChI=1S/C13H18BrFN2/c1-17(11-5-3-10(16)4-6-11)13-8-9(14)2-7-12(13)15/h2,7-8,10-11H,3-6,16H2,1H3. The van der Waals surface area contributed by atoms with Crippen molar-refractivity contribution in [3.05, 3.63) is 28.5 Å². The monoisotopic (exact) mass is 300 g/mol. The van der Waals surface area contributed by atoms with Crippen LogP contribution in [0.5, 0.6) is 0 Å². The molecule has 1 aliphatic rings. The van der Waals surface area contributed by atoms with Crippen LogP contribution >= 0.6 is 15.9 Å². The largest absolute Gasteiger partial charge is 0.369 e. The summed E-state index contributed by atoms with van der Waals surface area (Å²) < 4.78 is 14.7. The van der Waals surface area contributed by atoms with Crippen LogP contribution in [0, 0.1) is 5.82 Å². The Hall–Kier alpha value is -0.610. The molecule has 1 aliphatic carbocycles. The Morgan fingerprint density at radius 2 is 1.94 bits per heavy atom. The van der Waals surface area contributed by atoms with Crippen molar-refractivity contribution in [1.82, 2.24) is 0 Å². The zero-order valence-electron chi connectivity index (χ0n) is 10.00. The number of nitrogens with zero attached hydrogens (tertiary/aromatic N) is 1. The van der Waals surface area contributed by atoms with Crippen LogP contribution in [0.15, 0.2) is 22.7 Å². The first-order chi connectivity index (χ1) is 8.08. The molecule has 0 radical (unpaired) electrons. The maximum atomic E-state index is 13.8.